The predicted molar refractivity (Wildman–Crippen MR) is 104 cm³/mol. The number of carbonyl (C=O) groups excluding carboxylic acids is 4. The van der Waals surface area contributed by atoms with Crippen molar-refractivity contribution in [3.63, 3.8) is 0 Å². The summed E-state index contributed by atoms with van der Waals surface area (Å²) in [6.45, 7) is 4.53. The first-order valence-corrected chi connectivity index (χ1v) is 9.51. The van der Waals surface area contributed by atoms with Crippen molar-refractivity contribution in [2.75, 3.05) is 25.0 Å². The summed E-state index contributed by atoms with van der Waals surface area (Å²) in [6, 6.07) is 6.73. The molecule has 0 aliphatic carbocycles. The molecule has 1 aromatic carbocycles. The molecule has 1 fully saturated rings. The molecule has 1 aromatic rings. The summed E-state index contributed by atoms with van der Waals surface area (Å²) in [4.78, 5) is 48.9. The fourth-order valence-electron chi connectivity index (χ4n) is 3.08. The lowest BCUT2D eigenvalue weighted by molar-refractivity contribution is -0.145. The minimum absolute atomic E-state index is 0.0222. The number of nitrogens with one attached hydrogen (secondary N) is 2. The third kappa shape index (κ3) is 6.68. The number of hydrogen-bond acceptors (Lipinski definition) is 5. The van der Waals surface area contributed by atoms with Crippen LogP contribution in [0.4, 0.5) is 5.69 Å². The Balaban J connectivity index is 1.79. The highest BCUT2D eigenvalue weighted by atomic mass is 16.5. The molecule has 1 saturated heterocycles. The second-order valence-electron chi connectivity index (χ2n) is 6.70. The molecule has 1 heterocycles. The van der Waals surface area contributed by atoms with Crippen LogP contribution in [0.5, 0.6) is 0 Å². The third-order valence-corrected chi connectivity index (χ3v) is 4.48. The number of carbonyl (C=O) groups is 4. The van der Waals surface area contributed by atoms with E-state index in [-0.39, 0.29) is 42.6 Å². The quantitative estimate of drug-likeness (QED) is 0.691. The zero-order chi connectivity index (χ0) is 20.5. The summed E-state index contributed by atoms with van der Waals surface area (Å²) >= 11 is 0. The lowest BCUT2D eigenvalue weighted by Gasteiger charge is -2.32. The minimum atomic E-state index is -0.362. The van der Waals surface area contributed by atoms with Crippen LogP contribution in [0.3, 0.4) is 0 Å². The number of benzene rings is 1. The van der Waals surface area contributed by atoms with E-state index in [4.69, 9.17) is 4.74 Å². The van der Waals surface area contributed by atoms with Crippen LogP contribution >= 0.6 is 0 Å². The molecule has 0 radical (unpaired) electrons. The molecule has 8 nitrogen and oxygen atoms in total. The summed E-state index contributed by atoms with van der Waals surface area (Å²) in [6.07, 6.45) is 1.55. The van der Waals surface area contributed by atoms with Crippen molar-refractivity contribution < 1.29 is 23.9 Å². The maximum absolute atomic E-state index is 12.4. The summed E-state index contributed by atoms with van der Waals surface area (Å²) in [5.41, 5.74) is 1.04. The van der Waals surface area contributed by atoms with Crippen LogP contribution in [0, 0.1) is 0 Å². The number of ether oxygens (including phenoxy) is 1. The van der Waals surface area contributed by atoms with Crippen LogP contribution in [0.1, 0.15) is 49.9 Å². The van der Waals surface area contributed by atoms with Crippen LogP contribution in [0.15, 0.2) is 24.3 Å². The molecule has 0 atom stereocenters. The number of hydrogen-bond donors (Lipinski definition) is 2. The van der Waals surface area contributed by atoms with Crippen LogP contribution in [-0.2, 0) is 19.1 Å². The summed E-state index contributed by atoms with van der Waals surface area (Å²) in [5, 5.41) is 5.63. The van der Waals surface area contributed by atoms with Gasteiger partial charge in [-0.3, -0.25) is 19.2 Å². The SMILES string of the molecule is CCOC(=O)CCC(=O)N1CCC(NC(=O)c2cccc(NC(C)=O)c2)CC1. The minimum Gasteiger partial charge on any atom is -0.466 e. The molecular weight excluding hydrogens is 362 g/mol. The van der Waals surface area contributed by atoms with E-state index in [1.165, 1.54) is 6.92 Å². The molecule has 0 bridgehead atoms. The van der Waals surface area contributed by atoms with Gasteiger partial charge < -0.3 is 20.3 Å². The molecule has 1 aliphatic heterocycles. The number of esters is 1. The van der Waals surface area contributed by atoms with Crippen molar-refractivity contribution in [1.29, 1.82) is 0 Å². The number of likely N-dealkylation sites (tertiary alicyclic amines) is 1. The first-order chi connectivity index (χ1) is 13.4. The predicted octanol–water partition coefficient (Wildman–Crippen LogP) is 1.71. The lowest BCUT2D eigenvalue weighted by Crippen LogP contribution is -2.46. The van der Waals surface area contributed by atoms with Crippen LogP contribution < -0.4 is 10.6 Å². The fourth-order valence-corrected chi connectivity index (χ4v) is 3.08. The zero-order valence-corrected chi connectivity index (χ0v) is 16.3. The monoisotopic (exact) mass is 389 g/mol. The van der Waals surface area contributed by atoms with Gasteiger partial charge in [0.05, 0.1) is 13.0 Å². The Kier molecular flexibility index (Phi) is 7.98. The molecule has 0 spiro atoms. The Morgan fingerprint density at radius 2 is 1.86 bits per heavy atom. The maximum Gasteiger partial charge on any atom is 0.306 e. The maximum atomic E-state index is 12.4. The van der Waals surface area contributed by atoms with Gasteiger partial charge in [-0.15, -0.1) is 0 Å². The van der Waals surface area contributed by atoms with Gasteiger partial charge >= 0.3 is 5.97 Å². The molecule has 28 heavy (non-hydrogen) atoms. The van der Waals surface area contributed by atoms with Gasteiger partial charge in [-0.05, 0) is 38.0 Å². The van der Waals surface area contributed by atoms with Gasteiger partial charge in [0.1, 0.15) is 0 Å². The number of piperidine rings is 1. The molecule has 2 rings (SSSR count). The average molecular weight is 389 g/mol. The molecule has 3 amide bonds. The van der Waals surface area contributed by atoms with E-state index in [9.17, 15) is 19.2 Å². The van der Waals surface area contributed by atoms with E-state index >= 15 is 0 Å². The Morgan fingerprint density at radius 3 is 2.50 bits per heavy atom. The number of anilines is 1. The van der Waals surface area contributed by atoms with Crippen molar-refractivity contribution >= 4 is 29.4 Å². The Hall–Kier alpha value is -2.90. The van der Waals surface area contributed by atoms with Gasteiger partial charge in [-0.2, -0.15) is 0 Å². The largest absolute Gasteiger partial charge is 0.466 e. The zero-order valence-electron chi connectivity index (χ0n) is 16.3. The van der Waals surface area contributed by atoms with Crippen molar-refractivity contribution in [2.45, 2.75) is 45.6 Å². The Morgan fingerprint density at radius 1 is 1.14 bits per heavy atom. The summed E-state index contributed by atoms with van der Waals surface area (Å²) in [5.74, 6) is -0.836. The highest BCUT2D eigenvalue weighted by Crippen LogP contribution is 2.15. The van der Waals surface area contributed by atoms with E-state index in [1.807, 2.05) is 0 Å². The lowest BCUT2D eigenvalue weighted by atomic mass is 10.0. The first-order valence-electron chi connectivity index (χ1n) is 9.51. The topological polar surface area (TPSA) is 105 Å². The molecule has 152 valence electrons. The van der Waals surface area contributed by atoms with E-state index < -0.39 is 0 Å². The van der Waals surface area contributed by atoms with E-state index in [1.54, 1.807) is 36.1 Å². The van der Waals surface area contributed by atoms with Gasteiger partial charge in [0.25, 0.3) is 5.91 Å². The molecule has 1 aliphatic rings. The average Bonchev–Trinajstić information content (AvgIpc) is 2.66. The number of amides is 3. The van der Waals surface area contributed by atoms with Crippen LogP contribution in [0.25, 0.3) is 0 Å². The first kappa shape index (κ1) is 21.4. The standard InChI is InChI=1S/C20H27N3O5/c1-3-28-19(26)8-7-18(25)23-11-9-16(10-12-23)22-20(27)15-5-4-6-17(13-15)21-14(2)24/h4-6,13,16H,3,7-12H2,1-2H3,(H,21,24)(H,22,27). The molecule has 0 aromatic heterocycles. The van der Waals surface area contributed by atoms with Crippen molar-refractivity contribution in [3.05, 3.63) is 29.8 Å². The van der Waals surface area contributed by atoms with Crippen LogP contribution in [0.2, 0.25) is 0 Å². The second-order valence-corrected chi connectivity index (χ2v) is 6.70. The second kappa shape index (κ2) is 10.4. The van der Waals surface area contributed by atoms with Crippen molar-refractivity contribution in [2.24, 2.45) is 0 Å². The van der Waals surface area contributed by atoms with Gasteiger partial charge in [-0.1, -0.05) is 6.07 Å². The molecule has 2 N–H and O–H groups in total. The smallest absolute Gasteiger partial charge is 0.306 e. The highest BCUT2D eigenvalue weighted by molar-refractivity contribution is 5.97. The van der Waals surface area contributed by atoms with Crippen LogP contribution in [-0.4, -0.2) is 54.3 Å². The van der Waals surface area contributed by atoms with Gasteiger partial charge in [0.15, 0.2) is 0 Å². The van der Waals surface area contributed by atoms with Crippen molar-refractivity contribution in [3.8, 4) is 0 Å². The molecule has 8 heteroatoms. The van der Waals surface area contributed by atoms with E-state index in [2.05, 4.69) is 10.6 Å². The number of rotatable bonds is 7. The summed E-state index contributed by atoms with van der Waals surface area (Å²) < 4.78 is 4.83. The Labute approximate surface area is 164 Å². The van der Waals surface area contributed by atoms with E-state index in [0.29, 0.717) is 43.8 Å². The normalized spacial score (nSPS) is 14.3. The van der Waals surface area contributed by atoms with Gasteiger partial charge in [0, 0.05) is 43.7 Å². The molecule has 0 saturated carbocycles. The third-order valence-electron chi connectivity index (χ3n) is 4.48. The van der Waals surface area contributed by atoms with Crippen molar-refractivity contribution in [1.82, 2.24) is 10.2 Å². The van der Waals surface area contributed by atoms with Gasteiger partial charge in [0.2, 0.25) is 11.8 Å². The van der Waals surface area contributed by atoms with E-state index in [0.717, 1.165) is 0 Å². The Bertz CT molecular complexity index is 726. The summed E-state index contributed by atoms with van der Waals surface area (Å²) in [7, 11) is 0. The fraction of sp³-hybridized carbons (Fsp3) is 0.500. The molecular formula is C20H27N3O5. The number of nitrogens with zero attached hydrogens (tertiary/aromatic N) is 1. The molecule has 0 unspecified atom stereocenters. The van der Waals surface area contributed by atoms with Gasteiger partial charge in [-0.25, -0.2) is 0 Å². The highest BCUT2D eigenvalue weighted by Gasteiger charge is 2.24.